The summed E-state index contributed by atoms with van der Waals surface area (Å²) in [6, 6.07) is 0. The fraction of sp³-hybridized carbons (Fsp3) is 1.00. The molecule has 0 aromatic rings. The van der Waals surface area contributed by atoms with Crippen LogP contribution in [-0.4, -0.2) is 26.1 Å². The van der Waals surface area contributed by atoms with E-state index in [-0.39, 0.29) is 15.0 Å². The van der Waals surface area contributed by atoms with E-state index in [1.165, 1.54) is 0 Å². The summed E-state index contributed by atoms with van der Waals surface area (Å²) in [6.45, 7) is 0. The predicted octanol–water partition coefficient (Wildman–Crippen LogP) is 0.545. The van der Waals surface area contributed by atoms with Crippen LogP contribution in [0.3, 0.4) is 0 Å². The second-order valence-electron chi connectivity index (χ2n) is 0.422. The Labute approximate surface area is 35.7 Å². The van der Waals surface area contributed by atoms with Crippen molar-refractivity contribution in [3.8, 4) is 0 Å². The minimum atomic E-state index is -0.469. The topological polar surface area (TPSA) is 0 Å². The fourth-order valence-electron chi connectivity index (χ4n) is 0.0292. The molecule has 0 aliphatic rings. The first-order valence-electron chi connectivity index (χ1n) is 1.11. The Morgan fingerprint density at radius 2 is 1.60 bits per heavy atom. The van der Waals surface area contributed by atoms with Gasteiger partial charge in [-0.2, -0.15) is 0 Å². The molecule has 0 N–H and O–H groups in total. The van der Waals surface area contributed by atoms with Gasteiger partial charge in [-0.25, -0.2) is 0 Å². The summed E-state index contributed by atoms with van der Waals surface area (Å²) in [7, 11) is 0. The SMILES string of the molecule is FC[Se]CF. The molecule has 0 fully saturated rings. The predicted molar refractivity (Wildman–Crippen MR) is 17.7 cm³/mol. The Morgan fingerprint density at radius 3 is 1.60 bits per heavy atom. The van der Waals surface area contributed by atoms with E-state index >= 15 is 0 Å². The van der Waals surface area contributed by atoms with Gasteiger partial charge in [0, 0.05) is 0 Å². The van der Waals surface area contributed by atoms with Crippen LogP contribution in [-0.2, 0) is 0 Å². The van der Waals surface area contributed by atoms with Crippen LogP contribution >= 0.6 is 0 Å². The van der Waals surface area contributed by atoms with E-state index in [2.05, 4.69) is 0 Å². The Kier molecular flexibility index (Phi) is 4.71. The van der Waals surface area contributed by atoms with Gasteiger partial charge in [0.1, 0.15) is 0 Å². The van der Waals surface area contributed by atoms with Crippen molar-refractivity contribution in [2.75, 3.05) is 11.1 Å². The van der Waals surface area contributed by atoms with Gasteiger partial charge in [-0.1, -0.05) is 0 Å². The van der Waals surface area contributed by atoms with Gasteiger partial charge in [-0.05, 0) is 0 Å². The molecule has 0 radical (unpaired) electrons. The summed E-state index contributed by atoms with van der Waals surface area (Å²) in [6.07, 6.45) is 0. The molecule has 0 saturated carbocycles. The van der Waals surface area contributed by atoms with E-state index in [0.29, 0.717) is 0 Å². The maximum atomic E-state index is 10.8. The van der Waals surface area contributed by atoms with Gasteiger partial charge in [0.2, 0.25) is 0 Å². The van der Waals surface area contributed by atoms with E-state index in [1.807, 2.05) is 0 Å². The molecule has 0 aromatic heterocycles. The van der Waals surface area contributed by atoms with E-state index < -0.39 is 11.1 Å². The van der Waals surface area contributed by atoms with Gasteiger partial charge in [0.05, 0.1) is 0 Å². The molecule has 0 atom stereocenters. The zero-order valence-corrected chi connectivity index (χ0v) is 4.29. The molecule has 0 nitrogen and oxygen atoms in total. The van der Waals surface area contributed by atoms with Crippen molar-refractivity contribution in [1.82, 2.24) is 0 Å². The van der Waals surface area contributed by atoms with Crippen LogP contribution in [0.15, 0.2) is 0 Å². The average molecular weight is 145 g/mol. The zero-order valence-electron chi connectivity index (χ0n) is 2.58. The average Bonchev–Trinajstić information content (AvgIpc) is 1.41. The molecule has 0 unspecified atom stereocenters. The summed E-state index contributed by atoms with van der Waals surface area (Å²) < 4.78 is 21.6. The molecular weight excluding hydrogens is 141 g/mol. The Bertz CT molecular complexity index is 15.1. The summed E-state index contributed by atoms with van der Waals surface area (Å²) in [5.41, 5.74) is -0.938. The van der Waals surface area contributed by atoms with Crippen molar-refractivity contribution >= 4 is 15.0 Å². The van der Waals surface area contributed by atoms with Gasteiger partial charge in [0.15, 0.2) is 0 Å². The number of hydrogen-bond acceptors (Lipinski definition) is 0. The first-order chi connectivity index (χ1) is 2.41. The summed E-state index contributed by atoms with van der Waals surface area (Å²) in [5, 5.41) is 0. The van der Waals surface area contributed by atoms with Gasteiger partial charge >= 0.3 is 34.9 Å². The van der Waals surface area contributed by atoms with Gasteiger partial charge in [-0.15, -0.1) is 0 Å². The molecule has 0 rings (SSSR count). The van der Waals surface area contributed by atoms with Crippen molar-refractivity contribution < 1.29 is 8.78 Å². The third-order valence-corrected chi connectivity index (χ3v) is 0.802. The second-order valence-corrected chi connectivity index (χ2v) is 2.19. The van der Waals surface area contributed by atoms with Crippen LogP contribution in [0.5, 0.6) is 0 Å². The number of hydrogen-bond donors (Lipinski definition) is 0. The van der Waals surface area contributed by atoms with Gasteiger partial charge in [0.25, 0.3) is 0 Å². The first-order valence-corrected chi connectivity index (χ1v) is 3.53. The van der Waals surface area contributed by atoms with Crippen LogP contribution in [0.2, 0.25) is 0 Å². The first kappa shape index (κ1) is 5.38. The number of rotatable bonds is 2. The third-order valence-electron chi connectivity index (χ3n) is 0.154. The summed E-state index contributed by atoms with van der Waals surface area (Å²) in [4.78, 5) is 0. The Hall–Kier alpha value is 0.379. The van der Waals surface area contributed by atoms with Crippen molar-refractivity contribution in [1.29, 1.82) is 0 Å². The maximum absolute atomic E-state index is 10.8. The normalized spacial score (nSPS) is 8.40. The molecule has 0 heterocycles. The van der Waals surface area contributed by atoms with Crippen LogP contribution in [0, 0.1) is 0 Å². The Balaban J connectivity index is 2.19. The molecule has 5 heavy (non-hydrogen) atoms. The standard InChI is InChI=1S/C2H4F2Se/c3-1-5-2-4/h1-2H2. The van der Waals surface area contributed by atoms with Crippen molar-refractivity contribution in [3.05, 3.63) is 0 Å². The Morgan fingerprint density at radius 1 is 1.20 bits per heavy atom. The zero-order chi connectivity index (χ0) is 4.12. The number of halogens is 2. The molecule has 0 aliphatic carbocycles. The molecule has 0 aromatic carbocycles. The van der Waals surface area contributed by atoms with Crippen molar-refractivity contribution in [2.45, 2.75) is 0 Å². The fourth-order valence-corrected chi connectivity index (χ4v) is 0.152. The minimum absolute atomic E-state index is 0.375. The molecule has 0 spiro atoms. The van der Waals surface area contributed by atoms with Gasteiger partial charge in [-0.3, -0.25) is 0 Å². The third kappa shape index (κ3) is 4.38. The quantitative estimate of drug-likeness (QED) is 0.497. The van der Waals surface area contributed by atoms with Crippen LogP contribution in [0.25, 0.3) is 0 Å². The van der Waals surface area contributed by atoms with Gasteiger partial charge < -0.3 is 0 Å². The van der Waals surface area contributed by atoms with Crippen LogP contribution in [0.4, 0.5) is 8.78 Å². The summed E-state index contributed by atoms with van der Waals surface area (Å²) >= 11 is -0.375. The van der Waals surface area contributed by atoms with Crippen LogP contribution < -0.4 is 0 Å². The number of alkyl halides is 2. The molecule has 32 valence electrons. The molecule has 0 saturated heterocycles. The van der Waals surface area contributed by atoms with E-state index in [1.54, 1.807) is 0 Å². The van der Waals surface area contributed by atoms with E-state index in [0.717, 1.165) is 0 Å². The monoisotopic (exact) mass is 146 g/mol. The molecule has 0 amide bonds. The summed E-state index contributed by atoms with van der Waals surface area (Å²) in [5.74, 6) is 0. The van der Waals surface area contributed by atoms with E-state index in [9.17, 15) is 8.78 Å². The molecule has 0 bridgehead atoms. The molecule has 0 aliphatic heterocycles. The van der Waals surface area contributed by atoms with Crippen molar-refractivity contribution in [3.63, 3.8) is 0 Å². The molecular formula is C2H4F2Se. The van der Waals surface area contributed by atoms with Crippen molar-refractivity contribution in [2.24, 2.45) is 0 Å². The second kappa shape index (κ2) is 4.38. The van der Waals surface area contributed by atoms with E-state index in [4.69, 9.17) is 0 Å². The molecule has 3 heteroatoms. The van der Waals surface area contributed by atoms with Crippen LogP contribution in [0.1, 0.15) is 0 Å².